The Labute approximate surface area is 153 Å². The second-order valence-electron chi connectivity index (χ2n) is 9.15. The Kier molecular flexibility index (Phi) is 8.95. The maximum Gasteiger partial charge on any atom is 0.310 e. The Balaban J connectivity index is 2.74. The lowest BCUT2D eigenvalue weighted by Crippen LogP contribution is -2.36. The van der Waals surface area contributed by atoms with Crippen LogP contribution in [0.2, 0.25) is 0 Å². The van der Waals surface area contributed by atoms with E-state index in [9.17, 15) is 14.7 Å². The molecule has 25 heavy (non-hydrogen) atoms. The number of aliphatic carboxylic acids is 1. The highest BCUT2D eigenvalue weighted by molar-refractivity contribution is 5.81. The minimum Gasteiger partial charge on any atom is -0.481 e. The Morgan fingerprint density at radius 1 is 1.08 bits per heavy atom. The molecule has 1 unspecified atom stereocenters. The van der Waals surface area contributed by atoms with E-state index in [1.807, 2.05) is 34.6 Å². The molecule has 0 bridgehead atoms. The lowest BCUT2D eigenvalue weighted by Gasteiger charge is -2.29. The van der Waals surface area contributed by atoms with E-state index >= 15 is 0 Å². The SMILES string of the molecule is CC(C)C[C@@H](C(=O)O)C(CCCC1CCCCC1)C(=O)OC(C)(C)C. The smallest absolute Gasteiger partial charge is 0.310 e. The van der Waals surface area contributed by atoms with Gasteiger partial charge in [-0.05, 0) is 45.4 Å². The van der Waals surface area contributed by atoms with Crippen LogP contribution >= 0.6 is 0 Å². The highest BCUT2D eigenvalue weighted by Crippen LogP contribution is 2.32. The van der Waals surface area contributed by atoms with Gasteiger partial charge in [0.25, 0.3) is 0 Å². The van der Waals surface area contributed by atoms with Crippen molar-refractivity contribution in [2.75, 3.05) is 0 Å². The molecule has 0 aromatic carbocycles. The fourth-order valence-electron chi connectivity index (χ4n) is 3.91. The third kappa shape index (κ3) is 8.73. The first-order chi connectivity index (χ1) is 11.6. The first-order valence-corrected chi connectivity index (χ1v) is 10.1. The number of hydrogen-bond donors (Lipinski definition) is 1. The maximum absolute atomic E-state index is 12.7. The third-order valence-corrected chi connectivity index (χ3v) is 5.09. The minimum absolute atomic E-state index is 0.240. The Morgan fingerprint density at radius 3 is 2.16 bits per heavy atom. The van der Waals surface area contributed by atoms with E-state index < -0.39 is 23.4 Å². The average Bonchev–Trinajstić information content (AvgIpc) is 2.48. The summed E-state index contributed by atoms with van der Waals surface area (Å²) in [5.74, 6) is -1.42. The molecule has 2 atom stereocenters. The second-order valence-corrected chi connectivity index (χ2v) is 9.15. The van der Waals surface area contributed by atoms with Crippen LogP contribution in [0, 0.1) is 23.7 Å². The molecule has 146 valence electrons. The van der Waals surface area contributed by atoms with Gasteiger partial charge in [-0.3, -0.25) is 9.59 Å². The lowest BCUT2D eigenvalue weighted by molar-refractivity contribution is -0.167. The van der Waals surface area contributed by atoms with E-state index in [1.165, 1.54) is 32.1 Å². The van der Waals surface area contributed by atoms with Gasteiger partial charge in [-0.15, -0.1) is 0 Å². The number of carbonyl (C=O) groups is 2. The van der Waals surface area contributed by atoms with Gasteiger partial charge in [-0.25, -0.2) is 0 Å². The highest BCUT2D eigenvalue weighted by atomic mass is 16.6. The van der Waals surface area contributed by atoms with Crippen LogP contribution in [-0.4, -0.2) is 22.6 Å². The monoisotopic (exact) mass is 354 g/mol. The van der Waals surface area contributed by atoms with Crippen molar-refractivity contribution in [3.63, 3.8) is 0 Å². The molecule has 1 aliphatic carbocycles. The summed E-state index contributed by atoms with van der Waals surface area (Å²) in [6, 6.07) is 0. The molecule has 1 saturated carbocycles. The summed E-state index contributed by atoms with van der Waals surface area (Å²) in [5, 5.41) is 9.68. The number of hydrogen-bond acceptors (Lipinski definition) is 3. The van der Waals surface area contributed by atoms with Crippen molar-refractivity contribution in [3.05, 3.63) is 0 Å². The molecule has 0 aromatic heterocycles. The van der Waals surface area contributed by atoms with E-state index in [4.69, 9.17) is 4.74 Å². The summed E-state index contributed by atoms with van der Waals surface area (Å²) >= 11 is 0. The summed E-state index contributed by atoms with van der Waals surface area (Å²) in [6.45, 7) is 9.51. The first kappa shape index (κ1) is 22.0. The molecule has 0 aliphatic heterocycles. The number of carbonyl (C=O) groups excluding carboxylic acids is 1. The van der Waals surface area contributed by atoms with Crippen molar-refractivity contribution in [3.8, 4) is 0 Å². The number of rotatable bonds is 9. The van der Waals surface area contributed by atoms with Gasteiger partial charge in [0.05, 0.1) is 11.8 Å². The normalized spacial score (nSPS) is 18.8. The van der Waals surface area contributed by atoms with Crippen LogP contribution in [0.25, 0.3) is 0 Å². The van der Waals surface area contributed by atoms with E-state index in [-0.39, 0.29) is 11.9 Å². The predicted molar refractivity (Wildman–Crippen MR) is 100 cm³/mol. The molecule has 0 radical (unpaired) electrons. The topological polar surface area (TPSA) is 63.6 Å². The van der Waals surface area contributed by atoms with Gasteiger partial charge in [0.2, 0.25) is 0 Å². The van der Waals surface area contributed by atoms with Gasteiger partial charge in [-0.1, -0.05) is 58.8 Å². The molecule has 1 aliphatic rings. The largest absolute Gasteiger partial charge is 0.481 e. The molecular formula is C21H38O4. The fraction of sp³-hybridized carbons (Fsp3) is 0.905. The van der Waals surface area contributed by atoms with Crippen molar-refractivity contribution in [2.45, 2.75) is 98.0 Å². The number of carboxylic acids is 1. The van der Waals surface area contributed by atoms with Crippen molar-refractivity contribution in [1.29, 1.82) is 0 Å². The quantitative estimate of drug-likeness (QED) is 0.560. The van der Waals surface area contributed by atoms with Crippen molar-refractivity contribution < 1.29 is 19.4 Å². The molecule has 0 heterocycles. The van der Waals surface area contributed by atoms with Crippen LogP contribution in [0.1, 0.15) is 92.4 Å². The van der Waals surface area contributed by atoms with E-state index in [2.05, 4.69) is 0 Å². The zero-order valence-corrected chi connectivity index (χ0v) is 16.8. The molecule has 1 fully saturated rings. The Bertz CT molecular complexity index is 416. The van der Waals surface area contributed by atoms with Crippen molar-refractivity contribution in [2.24, 2.45) is 23.7 Å². The van der Waals surface area contributed by atoms with Crippen LogP contribution in [0.3, 0.4) is 0 Å². The summed E-state index contributed by atoms with van der Waals surface area (Å²) < 4.78 is 5.55. The highest BCUT2D eigenvalue weighted by Gasteiger charge is 2.36. The summed E-state index contributed by atoms with van der Waals surface area (Å²) in [5.41, 5.74) is -0.584. The zero-order valence-electron chi connectivity index (χ0n) is 16.8. The molecule has 0 spiro atoms. The number of esters is 1. The molecular weight excluding hydrogens is 316 g/mol. The predicted octanol–water partition coefficient (Wildman–Crippen LogP) is 5.44. The van der Waals surface area contributed by atoms with Crippen molar-refractivity contribution >= 4 is 11.9 Å². The lowest BCUT2D eigenvalue weighted by atomic mass is 9.80. The molecule has 0 aromatic rings. The van der Waals surface area contributed by atoms with Gasteiger partial charge in [0.1, 0.15) is 5.60 Å². The van der Waals surface area contributed by atoms with Crippen LogP contribution in [-0.2, 0) is 14.3 Å². The van der Waals surface area contributed by atoms with Gasteiger partial charge >= 0.3 is 11.9 Å². The van der Waals surface area contributed by atoms with Gasteiger partial charge < -0.3 is 9.84 Å². The van der Waals surface area contributed by atoms with Crippen LogP contribution in [0.5, 0.6) is 0 Å². The summed E-state index contributed by atoms with van der Waals surface area (Å²) in [7, 11) is 0. The number of carboxylic acid groups (broad SMARTS) is 1. The van der Waals surface area contributed by atoms with E-state index in [0.717, 1.165) is 18.8 Å². The van der Waals surface area contributed by atoms with Crippen molar-refractivity contribution in [1.82, 2.24) is 0 Å². The van der Waals surface area contributed by atoms with E-state index in [0.29, 0.717) is 12.8 Å². The van der Waals surface area contributed by atoms with E-state index in [1.54, 1.807) is 0 Å². The van der Waals surface area contributed by atoms with Gasteiger partial charge in [0.15, 0.2) is 0 Å². The summed E-state index contributed by atoms with van der Waals surface area (Å²) in [4.78, 5) is 24.5. The van der Waals surface area contributed by atoms with Crippen LogP contribution in [0.15, 0.2) is 0 Å². The zero-order chi connectivity index (χ0) is 19.0. The average molecular weight is 355 g/mol. The molecule has 4 heteroatoms. The number of ether oxygens (including phenoxy) is 1. The van der Waals surface area contributed by atoms with Gasteiger partial charge in [-0.2, -0.15) is 0 Å². The third-order valence-electron chi connectivity index (χ3n) is 5.09. The molecule has 0 saturated heterocycles. The molecule has 0 amide bonds. The van der Waals surface area contributed by atoms with Crippen LogP contribution in [0.4, 0.5) is 0 Å². The molecule has 1 rings (SSSR count). The Hall–Kier alpha value is -1.06. The fourth-order valence-corrected chi connectivity index (χ4v) is 3.91. The maximum atomic E-state index is 12.7. The van der Waals surface area contributed by atoms with Crippen LogP contribution < -0.4 is 0 Å². The standard InChI is InChI=1S/C21H38O4/c1-15(2)14-18(19(22)23)17(20(24)25-21(3,4)5)13-9-12-16-10-7-6-8-11-16/h15-18H,6-14H2,1-5H3,(H,22,23)/t17?,18-/m1/s1. The first-order valence-electron chi connectivity index (χ1n) is 10.1. The molecule has 4 nitrogen and oxygen atoms in total. The second kappa shape index (κ2) is 10.2. The summed E-state index contributed by atoms with van der Waals surface area (Å²) in [6.07, 6.45) is 9.68. The molecule has 1 N–H and O–H groups in total. The van der Waals surface area contributed by atoms with Gasteiger partial charge in [0, 0.05) is 0 Å². The minimum atomic E-state index is -0.873. The Morgan fingerprint density at radius 2 is 1.68 bits per heavy atom.